The number of aryl methyl sites for hydroxylation is 2. The van der Waals surface area contributed by atoms with Crippen molar-refractivity contribution in [3.05, 3.63) is 48.1 Å². The van der Waals surface area contributed by atoms with E-state index >= 15 is 0 Å². The van der Waals surface area contributed by atoms with E-state index in [0.717, 1.165) is 36.3 Å². The second kappa shape index (κ2) is 5.41. The molecule has 1 aromatic carbocycles. The van der Waals surface area contributed by atoms with Crippen LogP contribution in [0.2, 0.25) is 0 Å². The summed E-state index contributed by atoms with van der Waals surface area (Å²) in [6, 6.07) is 8.16. The third-order valence-corrected chi connectivity index (χ3v) is 3.28. The number of nitrogens with one attached hydrogen (secondary N) is 1. The van der Waals surface area contributed by atoms with Crippen molar-refractivity contribution < 1.29 is 4.42 Å². The molecule has 4 heteroatoms. The van der Waals surface area contributed by atoms with Crippen LogP contribution < -0.4 is 5.32 Å². The molecule has 0 fully saturated rings. The molecule has 0 spiro atoms. The lowest BCUT2D eigenvalue weighted by Crippen LogP contribution is -1.98. The molecule has 104 valence electrons. The average molecular weight is 269 g/mol. The Morgan fingerprint density at radius 1 is 1.30 bits per heavy atom. The van der Waals surface area contributed by atoms with Crippen LogP contribution in [0.3, 0.4) is 0 Å². The Balaban J connectivity index is 1.69. The number of oxazole rings is 1. The molecule has 3 rings (SSSR count). The van der Waals surface area contributed by atoms with E-state index in [1.165, 1.54) is 5.56 Å². The van der Waals surface area contributed by atoms with Gasteiger partial charge < -0.3 is 14.3 Å². The summed E-state index contributed by atoms with van der Waals surface area (Å²) < 4.78 is 7.70. The SMILES string of the molecule is CCCn1ccc(CNc2ccc3oc(C)nc3c2)c1. The van der Waals surface area contributed by atoms with E-state index in [4.69, 9.17) is 4.42 Å². The van der Waals surface area contributed by atoms with Crippen molar-refractivity contribution in [2.24, 2.45) is 0 Å². The predicted molar refractivity (Wildman–Crippen MR) is 80.8 cm³/mol. The molecule has 2 heterocycles. The molecule has 20 heavy (non-hydrogen) atoms. The number of benzene rings is 1. The van der Waals surface area contributed by atoms with E-state index in [-0.39, 0.29) is 0 Å². The first-order valence-electron chi connectivity index (χ1n) is 7.00. The number of fused-ring (bicyclic) bond motifs is 1. The average Bonchev–Trinajstić information content (AvgIpc) is 3.01. The molecule has 0 saturated heterocycles. The molecule has 3 aromatic rings. The van der Waals surface area contributed by atoms with E-state index in [0.29, 0.717) is 5.89 Å². The third kappa shape index (κ3) is 2.69. The van der Waals surface area contributed by atoms with E-state index in [1.54, 1.807) is 0 Å². The van der Waals surface area contributed by atoms with Gasteiger partial charge in [-0.25, -0.2) is 4.98 Å². The number of hydrogen-bond donors (Lipinski definition) is 1. The fourth-order valence-corrected chi connectivity index (χ4v) is 2.35. The van der Waals surface area contributed by atoms with Crippen molar-refractivity contribution in [3.8, 4) is 0 Å². The Hall–Kier alpha value is -2.23. The van der Waals surface area contributed by atoms with Crippen LogP contribution in [0.15, 0.2) is 41.1 Å². The summed E-state index contributed by atoms with van der Waals surface area (Å²) in [5.74, 6) is 0.703. The van der Waals surface area contributed by atoms with Gasteiger partial charge >= 0.3 is 0 Å². The van der Waals surface area contributed by atoms with E-state index in [1.807, 2.05) is 25.1 Å². The molecule has 0 aliphatic carbocycles. The Morgan fingerprint density at radius 3 is 3.05 bits per heavy atom. The predicted octanol–water partition coefficient (Wildman–Crippen LogP) is 3.96. The topological polar surface area (TPSA) is 43.0 Å². The molecule has 0 aliphatic heterocycles. The second-order valence-electron chi connectivity index (χ2n) is 5.03. The quantitative estimate of drug-likeness (QED) is 0.762. The summed E-state index contributed by atoms with van der Waals surface area (Å²) in [6.07, 6.45) is 5.48. The molecule has 0 amide bonds. The maximum atomic E-state index is 5.47. The zero-order valence-electron chi connectivity index (χ0n) is 11.9. The third-order valence-electron chi connectivity index (χ3n) is 3.28. The summed E-state index contributed by atoms with van der Waals surface area (Å²) >= 11 is 0. The molecule has 0 atom stereocenters. The Bertz CT molecular complexity index is 711. The van der Waals surface area contributed by atoms with Crippen molar-refractivity contribution in [3.63, 3.8) is 0 Å². The molecule has 0 radical (unpaired) electrons. The molecule has 4 nitrogen and oxygen atoms in total. The second-order valence-corrected chi connectivity index (χ2v) is 5.03. The number of nitrogens with zero attached hydrogens (tertiary/aromatic N) is 2. The summed E-state index contributed by atoms with van der Waals surface area (Å²) in [4.78, 5) is 4.35. The normalized spacial score (nSPS) is 11.1. The highest BCUT2D eigenvalue weighted by molar-refractivity contribution is 5.77. The fraction of sp³-hybridized carbons (Fsp3) is 0.312. The standard InChI is InChI=1S/C16H19N3O/c1-3-7-19-8-6-13(11-19)10-17-14-4-5-16-15(9-14)18-12(2)20-16/h4-6,8-9,11,17H,3,7,10H2,1-2H3. The monoisotopic (exact) mass is 269 g/mol. The zero-order valence-corrected chi connectivity index (χ0v) is 11.9. The van der Waals surface area contributed by atoms with Crippen LogP contribution in [0, 0.1) is 6.92 Å². The molecule has 0 bridgehead atoms. The largest absolute Gasteiger partial charge is 0.441 e. The maximum absolute atomic E-state index is 5.47. The Morgan fingerprint density at radius 2 is 2.20 bits per heavy atom. The summed E-state index contributed by atoms with van der Waals surface area (Å²) in [6.45, 7) is 5.94. The zero-order chi connectivity index (χ0) is 13.9. The highest BCUT2D eigenvalue weighted by atomic mass is 16.3. The smallest absolute Gasteiger partial charge is 0.192 e. The number of hydrogen-bond acceptors (Lipinski definition) is 3. The molecule has 2 aromatic heterocycles. The molecule has 0 aliphatic rings. The summed E-state index contributed by atoms with van der Waals surface area (Å²) in [5, 5.41) is 3.42. The Labute approximate surface area is 118 Å². The van der Waals surface area contributed by atoms with Gasteiger partial charge in [-0.3, -0.25) is 0 Å². The Kier molecular flexibility index (Phi) is 3.46. The molecular weight excluding hydrogens is 250 g/mol. The molecule has 1 N–H and O–H groups in total. The molecule has 0 unspecified atom stereocenters. The van der Waals surface area contributed by atoms with Gasteiger partial charge in [-0.15, -0.1) is 0 Å². The molecular formula is C16H19N3O. The van der Waals surface area contributed by atoms with Crippen molar-refractivity contribution in [2.75, 3.05) is 5.32 Å². The first-order valence-corrected chi connectivity index (χ1v) is 7.00. The first-order chi connectivity index (χ1) is 9.74. The van der Waals surface area contributed by atoms with Gasteiger partial charge in [0.05, 0.1) is 0 Å². The lowest BCUT2D eigenvalue weighted by molar-refractivity contribution is 0.561. The van der Waals surface area contributed by atoms with E-state index in [9.17, 15) is 0 Å². The van der Waals surface area contributed by atoms with Crippen LogP contribution in [0.5, 0.6) is 0 Å². The van der Waals surface area contributed by atoms with Gasteiger partial charge in [0.2, 0.25) is 0 Å². The number of anilines is 1. The van der Waals surface area contributed by atoms with Gasteiger partial charge in [0, 0.05) is 38.1 Å². The molecule has 0 saturated carbocycles. The number of aromatic nitrogens is 2. The summed E-state index contributed by atoms with van der Waals surface area (Å²) in [5.41, 5.74) is 4.09. The van der Waals surface area contributed by atoms with Crippen LogP contribution in [0.1, 0.15) is 24.8 Å². The minimum absolute atomic E-state index is 0.703. The lowest BCUT2D eigenvalue weighted by atomic mass is 10.2. The van der Waals surface area contributed by atoms with Crippen LogP contribution in [0.25, 0.3) is 11.1 Å². The van der Waals surface area contributed by atoms with E-state index < -0.39 is 0 Å². The minimum atomic E-state index is 0.703. The fourth-order valence-electron chi connectivity index (χ4n) is 2.35. The van der Waals surface area contributed by atoms with Gasteiger partial charge in [0.25, 0.3) is 0 Å². The van der Waals surface area contributed by atoms with Crippen LogP contribution in [-0.2, 0) is 13.1 Å². The van der Waals surface area contributed by atoms with Gasteiger partial charge in [-0.1, -0.05) is 6.92 Å². The van der Waals surface area contributed by atoms with E-state index in [2.05, 4.69) is 40.3 Å². The summed E-state index contributed by atoms with van der Waals surface area (Å²) in [7, 11) is 0. The highest BCUT2D eigenvalue weighted by Gasteiger charge is 2.03. The minimum Gasteiger partial charge on any atom is -0.441 e. The van der Waals surface area contributed by atoms with Crippen molar-refractivity contribution in [2.45, 2.75) is 33.4 Å². The van der Waals surface area contributed by atoms with Gasteiger partial charge in [0.15, 0.2) is 11.5 Å². The number of rotatable bonds is 5. The van der Waals surface area contributed by atoms with Crippen molar-refractivity contribution in [1.29, 1.82) is 0 Å². The lowest BCUT2D eigenvalue weighted by Gasteiger charge is -2.04. The van der Waals surface area contributed by atoms with Crippen LogP contribution in [0.4, 0.5) is 5.69 Å². The van der Waals surface area contributed by atoms with Crippen LogP contribution in [-0.4, -0.2) is 9.55 Å². The first kappa shape index (κ1) is 12.8. The highest BCUT2D eigenvalue weighted by Crippen LogP contribution is 2.20. The van der Waals surface area contributed by atoms with Gasteiger partial charge in [-0.05, 0) is 36.2 Å². The maximum Gasteiger partial charge on any atom is 0.192 e. The van der Waals surface area contributed by atoms with Crippen LogP contribution >= 0.6 is 0 Å². The van der Waals surface area contributed by atoms with Crippen molar-refractivity contribution >= 4 is 16.8 Å². The van der Waals surface area contributed by atoms with Crippen molar-refractivity contribution in [1.82, 2.24) is 9.55 Å². The van der Waals surface area contributed by atoms with Gasteiger partial charge in [0.1, 0.15) is 5.52 Å². The van der Waals surface area contributed by atoms with Gasteiger partial charge in [-0.2, -0.15) is 0 Å².